The number of fused-ring (bicyclic) bond motifs is 1. The standard InChI is InChI=1S/C25H30N4O5S2/c1-15(2)34-24(31)21-17-8-3-4-10-19(17)36-23(21)26-20(30)14-35-25-28-27-22(18-9-6-12-33-18)29(25)13-16-7-5-11-32-16/h6,9,12,15-16H,3-5,7-8,10-11,13-14H2,1-2H3,(H,26,30). The molecule has 192 valence electrons. The summed E-state index contributed by atoms with van der Waals surface area (Å²) in [5, 5.41) is 12.8. The number of nitrogens with zero attached hydrogens (tertiary/aromatic N) is 3. The maximum Gasteiger partial charge on any atom is 0.341 e. The molecule has 0 bridgehead atoms. The summed E-state index contributed by atoms with van der Waals surface area (Å²) in [6.07, 6.45) is 7.34. The zero-order chi connectivity index (χ0) is 25.1. The zero-order valence-corrected chi connectivity index (χ0v) is 22.1. The van der Waals surface area contributed by atoms with Crippen molar-refractivity contribution in [1.82, 2.24) is 14.8 Å². The first-order valence-electron chi connectivity index (χ1n) is 12.4. The van der Waals surface area contributed by atoms with E-state index in [2.05, 4.69) is 15.5 Å². The Bertz CT molecular complexity index is 1210. The van der Waals surface area contributed by atoms with Crippen LogP contribution in [0, 0.1) is 0 Å². The summed E-state index contributed by atoms with van der Waals surface area (Å²) in [5.74, 6) is 0.788. The molecule has 1 unspecified atom stereocenters. The van der Waals surface area contributed by atoms with Gasteiger partial charge in [-0.25, -0.2) is 4.79 Å². The van der Waals surface area contributed by atoms with Crippen LogP contribution >= 0.6 is 23.1 Å². The van der Waals surface area contributed by atoms with Gasteiger partial charge >= 0.3 is 5.97 Å². The molecule has 0 aromatic carbocycles. The van der Waals surface area contributed by atoms with Crippen molar-refractivity contribution < 1.29 is 23.5 Å². The minimum atomic E-state index is -0.369. The Balaban J connectivity index is 1.31. The summed E-state index contributed by atoms with van der Waals surface area (Å²) in [6.45, 7) is 5.00. The van der Waals surface area contributed by atoms with Crippen LogP contribution in [0.5, 0.6) is 0 Å². The normalized spacial score (nSPS) is 17.4. The molecule has 1 fully saturated rings. The van der Waals surface area contributed by atoms with E-state index < -0.39 is 0 Å². The summed E-state index contributed by atoms with van der Waals surface area (Å²) in [4.78, 5) is 27.1. The second-order valence-corrected chi connectivity index (χ2v) is 11.3. The molecule has 4 heterocycles. The lowest BCUT2D eigenvalue weighted by Gasteiger charge is -2.14. The lowest BCUT2D eigenvalue weighted by Crippen LogP contribution is -2.19. The van der Waals surface area contributed by atoms with Crippen molar-refractivity contribution in [2.45, 2.75) is 76.3 Å². The summed E-state index contributed by atoms with van der Waals surface area (Å²) < 4.78 is 18.8. The van der Waals surface area contributed by atoms with Crippen molar-refractivity contribution in [3.8, 4) is 11.6 Å². The molecule has 11 heteroatoms. The molecule has 5 rings (SSSR count). The van der Waals surface area contributed by atoms with Gasteiger partial charge in [-0.05, 0) is 70.1 Å². The van der Waals surface area contributed by atoms with Crippen molar-refractivity contribution in [2.75, 3.05) is 17.7 Å². The maximum atomic E-state index is 13.0. The van der Waals surface area contributed by atoms with Crippen molar-refractivity contribution in [3.05, 3.63) is 34.4 Å². The molecule has 9 nitrogen and oxygen atoms in total. The van der Waals surface area contributed by atoms with Crippen LogP contribution in [-0.4, -0.2) is 51.2 Å². The highest BCUT2D eigenvalue weighted by atomic mass is 32.2. The molecule has 0 spiro atoms. The third-order valence-electron chi connectivity index (χ3n) is 6.17. The molecule has 36 heavy (non-hydrogen) atoms. The number of furan rings is 1. The van der Waals surface area contributed by atoms with Gasteiger partial charge in [-0.1, -0.05) is 11.8 Å². The van der Waals surface area contributed by atoms with Gasteiger partial charge in [-0.3, -0.25) is 9.36 Å². The van der Waals surface area contributed by atoms with Gasteiger partial charge in [0, 0.05) is 11.5 Å². The molecule has 1 N–H and O–H groups in total. The van der Waals surface area contributed by atoms with Gasteiger partial charge < -0.3 is 19.2 Å². The molecule has 1 aliphatic heterocycles. The van der Waals surface area contributed by atoms with Gasteiger partial charge in [0.05, 0.1) is 36.3 Å². The molecular formula is C25H30N4O5S2. The molecule has 3 aromatic rings. The molecule has 1 amide bonds. The first kappa shape index (κ1) is 25.0. The lowest BCUT2D eigenvalue weighted by atomic mass is 9.95. The molecule has 3 aromatic heterocycles. The minimum Gasteiger partial charge on any atom is -0.461 e. The van der Waals surface area contributed by atoms with Crippen LogP contribution in [0.25, 0.3) is 11.6 Å². The molecule has 1 atom stereocenters. The Morgan fingerprint density at radius 3 is 2.89 bits per heavy atom. The third kappa shape index (κ3) is 5.52. The van der Waals surface area contributed by atoms with Gasteiger partial charge in [0.15, 0.2) is 10.9 Å². The lowest BCUT2D eigenvalue weighted by molar-refractivity contribution is -0.113. The highest BCUT2D eigenvalue weighted by Crippen LogP contribution is 2.39. The molecule has 0 radical (unpaired) electrons. The number of carbonyl (C=O) groups is 2. The van der Waals surface area contributed by atoms with E-state index in [4.69, 9.17) is 13.9 Å². The van der Waals surface area contributed by atoms with Crippen molar-refractivity contribution in [1.29, 1.82) is 0 Å². The van der Waals surface area contributed by atoms with Crippen LogP contribution in [-0.2, 0) is 33.7 Å². The third-order valence-corrected chi connectivity index (χ3v) is 8.35. The number of rotatable bonds is 9. The fraction of sp³-hybridized carbons (Fsp3) is 0.520. The summed E-state index contributed by atoms with van der Waals surface area (Å²) in [7, 11) is 0. The Kier molecular flexibility index (Phi) is 7.78. The van der Waals surface area contributed by atoms with Crippen LogP contribution < -0.4 is 5.32 Å². The highest BCUT2D eigenvalue weighted by molar-refractivity contribution is 7.99. The van der Waals surface area contributed by atoms with Crippen LogP contribution in [0.2, 0.25) is 0 Å². The van der Waals surface area contributed by atoms with Gasteiger partial charge in [-0.2, -0.15) is 0 Å². The summed E-state index contributed by atoms with van der Waals surface area (Å²) in [6, 6.07) is 3.65. The number of aromatic nitrogens is 3. The number of aryl methyl sites for hydroxylation is 1. The monoisotopic (exact) mass is 530 g/mol. The first-order valence-corrected chi connectivity index (χ1v) is 14.2. The van der Waals surface area contributed by atoms with Gasteiger partial charge in [0.25, 0.3) is 0 Å². The predicted molar refractivity (Wildman–Crippen MR) is 138 cm³/mol. The van der Waals surface area contributed by atoms with Gasteiger partial charge in [0.2, 0.25) is 11.7 Å². The number of esters is 1. The Morgan fingerprint density at radius 1 is 1.28 bits per heavy atom. The van der Waals surface area contributed by atoms with E-state index in [9.17, 15) is 9.59 Å². The summed E-state index contributed by atoms with van der Waals surface area (Å²) in [5.41, 5.74) is 1.54. The fourth-order valence-corrected chi connectivity index (χ4v) is 6.62. The van der Waals surface area contributed by atoms with E-state index in [-0.39, 0.29) is 29.8 Å². The van der Waals surface area contributed by atoms with E-state index in [0.29, 0.717) is 33.9 Å². The van der Waals surface area contributed by atoms with E-state index in [0.717, 1.165) is 50.7 Å². The number of carbonyl (C=O) groups excluding carboxylic acids is 2. The molecule has 0 saturated carbocycles. The van der Waals surface area contributed by atoms with E-state index >= 15 is 0 Å². The van der Waals surface area contributed by atoms with Crippen LogP contribution in [0.4, 0.5) is 5.00 Å². The second kappa shape index (κ2) is 11.2. The average molecular weight is 531 g/mol. The summed E-state index contributed by atoms with van der Waals surface area (Å²) >= 11 is 2.79. The molecule has 1 saturated heterocycles. The number of nitrogens with one attached hydrogen (secondary N) is 1. The Hall–Kier alpha value is -2.63. The molecular weight excluding hydrogens is 500 g/mol. The minimum absolute atomic E-state index is 0.0786. The average Bonchev–Trinajstić information content (AvgIpc) is 3.64. The van der Waals surface area contributed by atoms with E-state index in [1.54, 1.807) is 6.26 Å². The number of anilines is 1. The predicted octanol–water partition coefficient (Wildman–Crippen LogP) is 4.95. The number of thiophene rings is 1. The molecule has 1 aliphatic carbocycles. The first-order chi connectivity index (χ1) is 17.5. The number of thioether (sulfide) groups is 1. The Labute approximate surface area is 217 Å². The Morgan fingerprint density at radius 2 is 2.14 bits per heavy atom. The topological polar surface area (TPSA) is 108 Å². The molecule has 2 aliphatic rings. The number of hydrogen-bond acceptors (Lipinski definition) is 9. The maximum absolute atomic E-state index is 13.0. The van der Waals surface area contributed by atoms with Crippen LogP contribution in [0.15, 0.2) is 28.0 Å². The zero-order valence-electron chi connectivity index (χ0n) is 20.5. The van der Waals surface area contributed by atoms with Crippen LogP contribution in [0.1, 0.15) is 60.3 Å². The van der Waals surface area contributed by atoms with E-state index in [1.165, 1.54) is 28.0 Å². The van der Waals surface area contributed by atoms with Gasteiger partial charge in [-0.15, -0.1) is 21.5 Å². The second-order valence-electron chi connectivity index (χ2n) is 9.24. The van der Waals surface area contributed by atoms with Crippen molar-refractivity contribution in [3.63, 3.8) is 0 Å². The number of ether oxygens (including phenoxy) is 2. The fourth-order valence-electron chi connectivity index (χ4n) is 4.58. The number of hydrogen-bond donors (Lipinski definition) is 1. The van der Waals surface area contributed by atoms with E-state index in [1.807, 2.05) is 30.5 Å². The van der Waals surface area contributed by atoms with Crippen LogP contribution in [0.3, 0.4) is 0 Å². The van der Waals surface area contributed by atoms with Crippen molar-refractivity contribution in [2.24, 2.45) is 0 Å². The van der Waals surface area contributed by atoms with Gasteiger partial charge in [0.1, 0.15) is 5.00 Å². The quantitative estimate of drug-likeness (QED) is 0.306. The largest absolute Gasteiger partial charge is 0.461 e. The SMILES string of the molecule is CC(C)OC(=O)c1c(NC(=O)CSc2nnc(-c3ccco3)n2CC2CCCO2)sc2c1CCCC2. The highest BCUT2D eigenvalue weighted by Gasteiger charge is 2.28. The smallest absolute Gasteiger partial charge is 0.341 e. The van der Waals surface area contributed by atoms with Crippen molar-refractivity contribution >= 4 is 40.0 Å². The number of amides is 1.